The summed E-state index contributed by atoms with van der Waals surface area (Å²) in [6.45, 7) is 5.67. The normalized spacial score (nSPS) is 16.7. The summed E-state index contributed by atoms with van der Waals surface area (Å²) in [4.78, 5) is 20.1. The monoisotopic (exact) mass is 503 g/mol. The van der Waals surface area contributed by atoms with Crippen LogP contribution in [0.4, 0.5) is 0 Å². The smallest absolute Gasteiger partial charge is 0.222 e. The number of nitrogens with zero attached hydrogens (tertiary/aromatic N) is 3. The first-order valence-electron chi connectivity index (χ1n) is 9.63. The number of rotatable bonds is 8. The summed E-state index contributed by atoms with van der Waals surface area (Å²) in [6.07, 6.45) is 1.51. The highest BCUT2D eigenvalue weighted by atomic mass is 127. The highest BCUT2D eigenvalue weighted by molar-refractivity contribution is 14.0. The minimum absolute atomic E-state index is 0. The van der Waals surface area contributed by atoms with E-state index in [1.165, 1.54) is 0 Å². The molecule has 158 valence electrons. The molecule has 1 aromatic carbocycles. The first-order valence-corrected chi connectivity index (χ1v) is 9.63. The molecule has 1 saturated heterocycles. The Bertz CT molecular complexity index is 639. The molecular formula is C20H34IN5O2. The Kier molecular flexibility index (Phi) is 11.2. The number of hydrogen-bond acceptors (Lipinski definition) is 4. The van der Waals surface area contributed by atoms with Crippen LogP contribution in [-0.4, -0.2) is 75.1 Å². The van der Waals surface area contributed by atoms with Crippen LogP contribution in [0.3, 0.4) is 0 Å². The maximum Gasteiger partial charge on any atom is 0.222 e. The van der Waals surface area contributed by atoms with Crippen molar-refractivity contribution in [3.8, 4) is 5.75 Å². The minimum Gasteiger partial charge on any atom is -0.492 e. The lowest BCUT2D eigenvalue weighted by atomic mass is 10.2. The molecular weight excluding hydrogens is 469 g/mol. The van der Waals surface area contributed by atoms with Crippen molar-refractivity contribution < 1.29 is 9.53 Å². The Morgan fingerprint density at radius 1 is 1.39 bits per heavy atom. The maximum atomic E-state index is 11.8. The van der Waals surface area contributed by atoms with Crippen molar-refractivity contribution in [3.05, 3.63) is 29.8 Å². The standard InChI is InChI=1S/C20H33N5O2.HI/c1-5-19(26)25-10-9-17(15-25)23-20(21-2)22-14-16-7-6-8-18(13-16)27-12-11-24(3)4;/h6-8,13,17H,5,9-12,14-15H2,1-4H3,(H2,21,22,23);1H. The average molecular weight is 503 g/mol. The zero-order valence-corrected chi connectivity index (χ0v) is 19.7. The van der Waals surface area contributed by atoms with Crippen LogP contribution in [0, 0.1) is 0 Å². The molecule has 1 unspecified atom stereocenters. The van der Waals surface area contributed by atoms with E-state index in [9.17, 15) is 4.79 Å². The number of likely N-dealkylation sites (N-methyl/N-ethyl adjacent to an activating group) is 1. The minimum atomic E-state index is 0. The van der Waals surface area contributed by atoms with Gasteiger partial charge in [-0.15, -0.1) is 24.0 Å². The second kappa shape index (κ2) is 12.8. The van der Waals surface area contributed by atoms with Gasteiger partial charge in [-0.2, -0.15) is 0 Å². The molecule has 1 fully saturated rings. The molecule has 1 heterocycles. The largest absolute Gasteiger partial charge is 0.492 e. The molecule has 0 bridgehead atoms. The quantitative estimate of drug-likeness (QED) is 0.323. The van der Waals surface area contributed by atoms with Gasteiger partial charge in [-0.25, -0.2) is 0 Å². The number of likely N-dealkylation sites (tertiary alicyclic amines) is 1. The van der Waals surface area contributed by atoms with Crippen LogP contribution in [0.25, 0.3) is 0 Å². The third kappa shape index (κ3) is 8.22. The van der Waals surface area contributed by atoms with Crippen LogP contribution in [0.2, 0.25) is 0 Å². The van der Waals surface area contributed by atoms with Crippen molar-refractivity contribution in [2.75, 3.05) is 47.4 Å². The molecule has 2 N–H and O–H groups in total. The van der Waals surface area contributed by atoms with Gasteiger partial charge in [-0.05, 0) is 38.2 Å². The number of nitrogens with one attached hydrogen (secondary N) is 2. The van der Waals surface area contributed by atoms with Crippen LogP contribution in [0.15, 0.2) is 29.3 Å². The van der Waals surface area contributed by atoms with Crippen LogP contribution in [0.5, 0.6) is 5.75 Å². The van der Waals surface area contributed by atoms with E-state index in [1.807, 2.05) is 44.1 Å². The van der Waals surface area contributed by atoms with E-state index < -0.39 is 0 Å². The molecule has 1 aromatic rings. The summed E-state index contributed by atoms with van der Waals surface area (Å²) in [5.74, 6) is 1.85. The third-order valence-electron chi connectivity index (χ3n) is 4.57. The highest BCUT2D eigenvalue weighted by Crippen LogP contribution is 2.13. The Hall–Kier alpha value is -1.55. The number of benzene rings is 1. The number of ether oxygens (including phenoxy) is 1. The Balaban J connectivity index is 0.00000392. The van der Waals surface area contributed by atoms with Gasteiger partial charge in [0.25, 0.3) is 0 Å². The molecule has 28 heavy (non-hydrogen) atoms. The predicted molar refractivity (Wildman–Crippen MR) is 125 cm³/mol. The zero-order chi connectivity index (χ0) is 19.6. The number of amides is 1. The van der Waals surface area contributed by atoms with Gasteiger partial charge in [0.15, 0.2) is 5.96 Å². The second-order valence-electron chi connectivity index (χ2n) is 7.05. The predicted octanol–water partition coefficient (Wildman–Crippen LogP) is 1.92. The molecule has 1 amide bonds. The van der Waals surface area contributed by atoms with E-state index in [0.29, 0.717) is 19.6 Å². The number of carbonyl (C=O) groups is 1. The van der Waals surface area contributed by atoms with Crippen LogP contribution in [-0.2, 0) is 11.3 Å². The second-order valence-corrected chi connectivity index (χ2v) is 7.05. The molecule has 0 aliphatic carbocycles. The number of guanidine groups is 1. The van der Waals surface area contributed by atoms with Gasteiger partial charge in [0, 0.05) is 45.7 Å². The van der Waals surface area contributed by atoms with Crippen molar-refractivity contribution in [2.45, 2.75) is 32.4 Å². The van der Waals surface area contributed by atoms with Crippen molar-refractivity contribution in [3.63, 3.8) is 0 Å². The van der Waals surface area contributed by atoms with E-state index in [0.717, 1.165) is 43.3 Å². The Morgan fingerprint density at radius 3 is 2.86 bits per heavy atom. The maximum absolute atomic E-state index is 11.8. The molecule has 0 aromatic heterocycles. The van der Waals surface area contributed by atoms with Crippen molar-refractivity contribution in [1.29, 1.82) is 0 Å². The average Bonchev–Trinajstić information content (AvgIpc) is 3.13. The first-order chi connectivity index (χ1) is 13.0. The summed E-state index contributed by atoms with van der Waals surface area (Å²) >= 11 is 0. The van der Waals surface area contributed by atoms with Crippen molar-refractivity contribution in [1.82, 2.24) is 20.4 Å². The SMILES string of the molecule is CCC(=O)N1CCC(NC(=NC)NCc2cccc(OCCN(C)C)c2)C1.I. The van der Waals surface area contributed by atoms with E-state index in [2.05, 4.69) is 26.6 Å². The van der Waals surface area contributed by atoms with Crippen LogP contribution >= 0.6 is 24.0 Å². The molecule has 1 aliphatic heterocycles. The lowest BCUT2D eigenvalue weighted by Gasteiger charge is -2.19. The summed E-state index contributed by atoms with van der Waals surface area (Å²) in [7, 11) is 5.83. The number of hydrogen-bond donors (Lipinski definition) is 2. The fourth-order valence-electron chi connectivity index (χ4n) is 2.99. The van der Waals surface area contributed by atoms with Gasteiger partial charge < -0.3 is 25.2 Å². The molecule has 8 heteroatoms. The molecule has 1 aliphatic rings. The van der Waals surface area contributed by atoms with Gasteiger partial charge in [-0.3, -0.25) is 9.79 Å². The van der Waals surface area contributed by atoms with Gasteiger partial charge in [-0.1, -0.05) is 19.1 Å². The lowest BCUT2D eigenvalue weighted by Crippen LogP contribution is -2.44. The summed E-state index contributed by atoms with van der Waals surface area (Å²) in [5.41, 5.74) is 1.13. The van der Waals surface area contributed by atoms with E-state index >= 15 is 0 Å². The first kappa shape index (κ1) is 24.5. The topological polar surface area (TPSA) is 69.2 Å². The molecule has 0 radical (unpaired) electrons. The summed E-state index contributed by atoms with van der Waals surface area (Å²) in [5, 5.41) is 6.76. The van der Waals surface area contributed by atoms with Crippen molar-refractivity contribution in [2.24, 2.45) is 4.99 Å². The van der Waals surface area contributed by atoms with Gasteiger partial charge in [0.1, 0.15) is 12.4 Å². The van der Waals surface area contributed by atoms with E-state index in [4.69, 9.17) is 4.74 Å². The molecule has 0 saturated carbocycles. The van der Waals surface area contributed by atoms with Gasteiger partial charge in [0.05, 0.1) is 0 Å². The highest BCUT2D eigenvalue weighted by Gasteiger charge is 2.25. The van der Waals surface area contributed by atoms with E-state index in [-0.39, 0.29) is 35.9 Å². The number of aliphatic imine (C=N–C) groups is 1. The lowest BCUT2D eigenvalue weighted by molar-refractivity contribution is -0.129. The van der Waals surface area contributed by atoms with Crippen molar-refractivity contribution >= 4 is 35.8 Å². The zero-order valence-electron chi connectivity index (χ0n) is 17.4. The summed E-state index contributed by atoms with van der Waals surface area (Å²) < 4.78 is 5.79. The number of carbonyl (C=O) groups excluding carboxylic acids is 1. The number of halogens is 1. The fourth-order valence-corrected chi connectivity index (χ4v) is 2.99. The van der Waals surface area contributed by atoms with Crippen LogP contribution < -0.4 is 15.4 Å². The summed E-state index contributed by atoms with van der Waals surface area (Å²) in [6, 6.07) is 8.34. The molecule has 7 nitrogen and oxygen atoms in total. The van der Waals surface area contributed by atoms with Gasteiger partial charge >= 0.3 is 0 Å². The third-order valence-corrected chi connectivity index (χ3v) is 4.57. The molecule has 1 atom stereocenters. The molecule has 0 spiro atoms. The Morgan fingerprint density at radius 2 is 2.18 bits per heavy atom. The fraction of sp³-hybridized carbons (Fsp3) is 0.600. The Labute approximate surface area is 185 Å². The van der Waals surface area contributed by atoms with Crippen LogP contribution in [0.1, 0.15) is 25.3 Å². The van der Waals surface area contributed by atoms with Gasteiger partial charge in [0.2, 0.25) is 5.91 Å². The van der Waals surface area contributed by atoms with E-state index in [1.54, 1.807) is 7.05 Å². The molecule has 2 rings (SSSR count).